The second-order valence-corrected chi connectivity index (χ2v) is 6.16. The smallest absolute Gasteiger partial charge is 0.332 e. The van der Waals surface area contributed by atoms with E-state index >= 15 is 0 Å². The van der Waals surface area contributed by atoms with Crippen molar-refractivity contribution in [2.75, 3.05) is 7.11 Å². The summed E-state index contributed by atoms with van der Waals surface area (Å²) in [5.41, 5.74) is 2.64. The summed E-state index contributed by atoms with van der Waals surface area (Å²) in [4.78, 5) is 40.4. The van der Waals surface area contributed by atoms with Gasteiger partial charge in [0.2, 0.25) is 0 Å². The Morgan fingerprint density at radius 3 is 2.76 bits per heavy atom. The van der Waals surface area contributed by atoms with Gasteiger partial charge in [-0.15, -0.1) is 0 Å². The minimum atomic E-state index is -0.512. The van der Waals surface area contributed by atoms with Gasteiger partial charge in [-0.1, -0.05) is 18.2 Å². The van der Waals surface area contributed by atoms with E-state index in [9.17, 15) is 14.4 Å². The van der Waals surface area contributed by atoms with E-state index in [1.54, 1.807) is 19.3 Å². The van der Waals surface area contributed by atoms with Crippen LogP contribution in [0.1, 0.15) is 5.56 Å². The lowest BCUT2D eigenvalue weighted by atomic mass is 10.2. The molecular formula is C19H20N6O4. The molecule has 1 amide bonds. The first kappa shape index (κ1) is 19.8. The Labute approximate surface area is 165 Å². The van der Waals surface area contributed by atoms with Crippen LogP contribution in [0.3, 0.4) is 0 Å². The van der Waals surface area contributed by atoms with Gasteiger partial charge in [0.1, 0.15) is 17.9 Å². The van der Waals surface area contributed by atoms with E-state index in [1.165, 1.54) is 35.8 Å². The van der Waals surface area contributed by atoms with Crippen LogP contribution in [-0.2, 0) is 25.4 Å². The van der Waals surface area contributed by atoms with Gasteiger partial charge in [0, 0.05) is 25.9 Å². The molecule has 0 aliphatic carbocycles. The summed E-state index contributed by atoms with van der Waals surface area (Å²) >= 11 is 0. The third-order valence-electron chi connectivity index (χ3n) is 4.29. The van der Waals surface area contributed by atoms with Gasteiger partial charge in [0.25, 0.3) is 11.5 Å². The average Bonchev–Trinajstić information content (AvgIpc) is 3.14. The standard InChI is InChI=1S/C19H20N6O4/c1-23-17-16(18(27)24(2)19(23)28)20-12-25(17)11-15(26)22-21-10-6-8-13-7-4-5-9-14(13)29-3/h4-10,12H,11H2,1-3H3,(H,22,26)/b8-6+,21-10+. The van der Waals surface area contributed by atoms with E-state index in [4.69, 9.17) is 4.74 Å². The Balaban J connectivity index is 1.69. The molecule has 10 nitrogen and oxygen atoms in total. The second kappa shape index (κ2) is 8.38. The van der Waals surface area contributed by atoms with Crippen molar-refractivity contribution in [3.63, 3.8) is 0 Å². The third-order valence-corrected chi connectivity index (χ3v) is 4.29. The normalized spacial score (nSPS) is 11.6. The van der Waals surface area contributed by atoms with E-state index in [2.05, 4.69) is 15.5 Å². The van der Waals surface area contributed by atoms with Crippen LogP contribution in [0, 0.1) is 0 Å². The second-order valence-electron chi connectivity index (χ2n) is 6.16. The molecule has 0 spiro atoms. The molecular weight excluding hydrogens is 376 g/mol. The van der Waals surface area contributed by atoms with Crippen LogP contribution in [0.5, 0.6) is 5.75 Å². The van der Waals surface area contributed by atoms with E-state index in [-0.39, 0.29) is 17.7 Å². The molecule has 0 saturated carbocycles. The molecule has 0 saturated heterocycles. The van der Waals surface area contributed by atoms with Crippen molar-refractivity contribution in [3.05, 3.63) is 63.1 Å². The van der Waals surface area contributed by atoms with Gasteiger partial charge in [-0.2, -0.15) is 5.10 Å². The molecule has 0 radical (unpaired) electrons. The molecule has 3 aromatic rings. The van der Waals surface area contributed by atoms with Crippen LogP contribution in [0.25, 0.3) is 17.2 Å². The largest absolute Gasteiger partial charge is 0.496 e. The highest BCUT2D eigenvalue weighted by Gasteiger charge is 2.15. The first-order valence-electron chi connectivity index (χ1n) is 8.66. The number of benzene rings is 1. The predicted octanol–water partition coefficient (Wildman–Crippen LogP) is 0.258. The van der Waals surface area contributed by atoms with Crippen molar-refractivity contribution in [1.29, 1.82) is 0 Å². The maximum Gasteiger partial charge on any atom is 0.332 e. The Bertz CT molecular complexity index is 1230. The minimum Gasteiger partial charge on any atom is -0.496 e. The number of nitrogens with zero attached hydrogens (tertiary/aromatic N) is 5. The monoisotopic (exact) mass is 396 g/mol. The average molecular weight is 396 g/mol. The molecule has 2 heterocycles. The van der Waals surface area contributed by atoms with E-state index in [1.807, 2.05) is 24.3 Å². The summed E-state index contributed by atoms with van der Waals surface area (Å²) < 4.78 is 8.91. The van der Waals surface area contributed by atoms with Gasteiger partial charge >= 0.3 is 5.69 Å². The van der Waals surface area contributed by atoms with Crippen LogP contribution in [0.4, 0.5) is 0 Å². The molecule has 150 valence electrons. The lowest BCUT2D eigenvalue weighted by Gasteiger charge is -2.07. The molecule has 2 aromatic heterocycles. The number of hydrogen-bond acceptors (Lipinski definition) is 6. The number of aryl methyl sites for hydroxylation is 1. The Hall–Kier alpha value is -3.95. The van der Waals surface area contributed by atoms with Crippen LogP contribution in [-0.4, -0.2) is 37.9 Å². The zero-order valence-corrected chi connectivity index (χ0v) is 16.2. The van der Waals surface area contributed by atoms with Gasteiger partial charge in [0.05, 0.1) is 13.4 Å². The number of imidazole rings is 1. The first-order valence-corrected chi connectivity index (χ1v) is 8.66. The number of ether oxygens (including phenoxy) is 1. The fourth-order valence-corrected chi connectivity index (χ4v) is 2.85. The van der Waals surface area contributed by atoms with Gasteiger partial charge in [0.15, 0.2) is 5.52 Å². The lowest BCUT2D eigenvalue weighted by Crippen LogP contribution is -2.37. The molecule has 0 aliphatic heterocycles. The van der Waals surface area contributed by atoms with Crippen molar-refractivity contribution >= 4 is 29.4 Å². The number of methoxy groups -OCH3 is 1. The maximum absolute atomic E-state index is 12.1. The highest BCUT2D eigenvalue weighted by atomic mass is 16.5. The SMILES string of the molecule is COc1ccccc1/C=C/C=N/NC(=O)Cn1cnc2c(=O)n(C)c(=O)n(C)c21. The fourth-order valence-electron chi connectivity index (χ4n) is 2.85. The fraction of sp³-hybridized carbons (Fsp3) is 0.211. The predicted molar refractivity (Wildman–Crippen MR) is 109 cm³/mol. The minimum absolute atomic E-state index is 0.116. The Kier molecular flexibility index (Phi) is 5.72. The zero-order valence-electron chi connectivity index (χ0n) is 16.2. The topological polar surface area (TPSA) is 113 Å². The lowest BCUT2D eigenvalue weighted by molar-refractivity contribution is -0.121. The molecule has 1 N–H and O–H groups in total. The number of carbonyl (C=O) groups excluding carboxylic acids is 1. The number of aromatic nitrogens is 4. The van der Waals surface area contributed by atoms with Crippen LogP contribution in [0.2, 0.25) is 0 Å². The summed E-state index contributed by atoms with van der Waals surface area (Å²) in [6, 6.07) is 7.49. The zero-order chi connectivity index (χ0) is 21.0. The Morgan fingerprint density at radius 2 is 2.00 bits per heavy atom. The number of hydrogen-bond donors (Lipinski definition) is 1. The number of allylic oxidation sites excluding steroid dienone is 1. The van der Waals surface area contributed by atoms with Crippen molar-refractivity contribution in [1.82, 2.24) is 24.1 Å². The molecule has 0 atom stereocenters. The summed E-state index contributed by atoms with van der Waals surface area (Å²) in [6.07, 6.45) is 6.24. The number of hydrazone groups is 1. The van der Waals surface area contributed by atoms with E-state index < -0.39 is 17.2 Å². The summed E-state index contributed by atoms with van der Waals surface area (Å²) in [7, 11) is 4.48. The molecule has 10 heteroatoms. The van der Waals surface area contributed by atoms with Crippen LogP contribution in [0.15, 0.2) is 51.4 Å². The first-order chi connectivity index (χ1) is 13.9. The van der Waals surface area contributed by atoms with Gasteiger partial charge in [-0.3, -0.25) is 18.7 Å². The number of amides is 1. The van der Waals surface area contributed by atoms with Crippen molar-refractivity contribution < 1.29 is 9.53 Å². The molecule has 3 rings (SSSR count). The molecule has 29 heavy (non-hydrogen) atoms. The molecule has 0 unspecified atom stereocenters. The third kappa shape index (κ3) is 4.00. The summed E-state index contributed by atoms with van der Waals surface area (Å²) in [6.45, 7) is -0.148. The molecule has 0 bridgehead atoms. The van der Waals surface area contributed by atoms with Gasteiger partial charge in [-0.05, 0) is 18.2 Å². The number of rotatable bonds is 6. The summed E-state index contributed by atoms with van der Waals surface area (Å²) in [5, 5.41) is 3.85. The number of fused-ring (bicyclic) bond motifs is 1. The number of para-hydroxylation sites is 1. The van der Waals surface area contributed by atoms with Crippen molar-refractivity contribution in [2.45, 2.75) is 6.54 Å². The van der Waals surface area contributed by atoms with Gasteiger partial charge < -0.3 is 9.30 Å². The maximum atomic E-state index is 12.1. The summed E-state index contributed by atoms with van der Waals surface area (Å²) in [5.74, 6) is 0.296. The van der Waals surface area contributed by atoms with Crippen molar-refractivity contribution in [3.8, 4) is 5.75 Å². The van der Waals surface area contributed by atoms with Crippen LogP contribution >= 0.6 is 0 Å². The number of nitrogens with one attached hydrogen (secondary N) is 1. The number of carbonyl (C=O) groups is 1. The van der Waals surface area contributed by atoms with Crippen LogP contribution < -0.4 is 21.4 Å². The highest BCUT2D eigenvalue weighted by molar-refractivity contribution is 5.82. The van der Waals surface area contributed by atoms with E-state index in [0.717, 1.165) is 15.9 Å². The molecule has 0 fully saturated rings. The molecule has 1 aromatic carbocycles. The Morgan fingerprint density at radius 1 is 1.24 bits per heavy atom. The van der Waals surface area contributed by atoms with Gasteiger partial charge in [-0.25, -0.2) is 15.2 Å². The van der Waals surface area contributed by atoms with Crippen molar-refractivity contribution in [2.24, 2.45) is 19.2 Å². The quantitative estimate of drug-likeness (QED) is 0.474. The molecule has 0 aliphatic rings. The highest BCUT2D eigenvalue weighted by Crippen LogP contribution is 2.18. The van der Waals surface area contributed by atoms with E-state index in [0.29, 0.717) is 0 Å².